The van der Waals surface area contributed by atoms with Crippen LogP contribution >= 0.6 is 0 Å². The molecule has 8 heteroatoms. The average molecular weight is 412 g/mol. The van der Waals surface area contributed by atoms with Crippen molar-refractivity contribution in [3.63, 3.8) is 0 Å². The standard InChI is InChI=1S/C22H19F3N4O/c23-22(24,25)17-6-3-5-16(15-17)8-9-19-21(30-14-13-29-11-1-2-12-29)28-18-7-4-10-26-20(18)27-19/h3-7,10,15H,1-2,11-14H2. The lowest BCUT2D eigenvalue weighted by Crippen LogP contribution is -2.25. The van der Waals surface area contributed by atoms with Crippen LogP contribution in [0.1, 0.15) is 29.7 Å². The predicted molar refractivity (Wildman–Crippen MR) is 106 cm³/mol. The van der Waals surface area contributed by atoms with Gasteiger partial charge in [-0.25, -0.2) is 15.0 Å². The highest BCUT2D eigenvalue weighted by molar-refractivity contribution is 5.71. The van der Waals surface area contributed by atoms with E-state index in [2.05, 4.69) is 31.7 Å². The summed E-state index contributed by atoms with van der Waals surface area (Å²) in [5.74, 6) is 5.81. The Morgan fingerprint density at radius 1 is 1.03 bits per heavy atom. The van der Waals surface area contributed by atoms with E-state index in [-0.39, 0.29) is 17.1 Å². The highest BCUT2D eigenvalue weighted by Gasteiger charge is 2.30. The molecule has 1 aliphatic heterocycles. The van der Waals surface area contributed by atoms with Crippen molar-refractivity contribution in [1.82, 2.24) is 19.9 Å². The van der Waals surface area contributed by atoms with Crippen LogP contribution in [0.5, 0.6) is 5.88 Å². The maximum Gasteiger partial charge on any atom is 0.416 e. The van der Waals surface area contributed by atoms with Crippen molar-refractivity contribution < 1.29 is 17.9 Å². The van der Waals surface area contributed by atoms with Crippen LogP contribution in [0, 0.1) is 11.8 Å². The van der Waals surface area contributed by atoms with E-state index < -0.39 is 11.7 Å². The number of nitrogens with zero attached hydrogens (tertiary/aromatic N) is 4. The highest BCUT2D eigenvalue weighted by Crippen LogP contribution is 2.29. The molecule has 154 valence electrons. The van der Waals surface area contributed by atoms with Gasteiger partial charge in [-0.2, -0.15) is 13.2 Å². The highest BCUT2D eigenvalue weighted by atomic mass is 19.4. The number of pyridine rings is 1. The molecular weight excluding hydrogens is 393 g/mol. The van der Waals surface area contributed by atoms with Gasteiger partial charge in [-0.3, -0.25) is 4.90 Å². The number of hydrogen-bond donors (Lipinski definition) is 0. The van der Waals surface area contributed by atoms with Crippen molar-refractivity contribution >= 4 is 11.2 Å². The molecule has 30 heavy (non-hydrogen) atoms. The molecule has 0 N–H and O–H groups in total. The Morgan fingerprint density at radius 3 is 2.67 bits per heavy atom. The van der Waals surface area contributed by atoms with Crippen molar-refractivity contribution in [3.8, 4) is 17.7 Å². The fraction of sp³-hybridized carbons (Fsp3) is 0.318. The quantitative estimate of drug-likeness (QED) is 0.608. The van der Waals surface area contributed by atoms with Crippen molar-refractivity contribution in [1.29, 1.82) is 0 Å². The molecule has 0 aliphatic carbocycles. The Labute approximate surface area is 171 Å². The molecule has 0 amide bonds. The first-order valence-electron chi connectivity index (χ1n) is 9.66. The van der Waals surface area contributed by atoms with Crippen LogP contribution < -0.4 is 4.74 Å². The Balaban J connectivity index is 1.61. The van der Waals surface area contributed by atoms with E-state index in [1.54, 1.807) is 18.3 Å². The van der Waals surface area contributed by atoms with Gasteiger partial charge in [-0.15, -0.1) is 0 Å². The number of likely N-dealkylation sites (tertiary alicyclic amines) is 1. The van der Waals surface area contributed by atoms with E-state index in [4.69, 9.17) is 4.74 Å². The number of hydrogen-bond acceptors (Lipinski definition) is 5. The molecule has 0 unspecified atom stereocenters. The monoisotopic (exact) mass is 412 g/mol. The Hall–Kier alpha value is -3.18. The molecule has 3 aromatic rings. The molecule has 3 heterocycles. The van der Waals surface area contributed by atoms with E-state index in [9.17, 15) is 13.2 Å². The van der Waals surface area contributed by atoms with Gasteiger partial charge in [0.05, 0.1) is 5.56 Å². The summed E-state index contributed by atoms with van der Waals surface area (Å²) >= 11 is 0. The smallest absolute Gasteiger partial charge is 0.416 e. The number of ether oxygens (including phenoxy) is 1. The second-order valence-electron chi connectivity index (χ2n) is 6.95. The second kappa shape index (κ2) is 8.67. The summed E-state index contributed by atoms with van der Waals surface area (Å²) in [4.78, 5) is 15.3. The van der Waals surface area contributed by atoms with Crippen LogP contribution in [0.4, 0.5) is 13.2 Å². The van der Waals surface area contributed by atoms with Gasteiger partial charge in [0.25, 0.3) is 0 Å². The molecule has 0 spiro atoms. The van der Waals surface area contributed by atoms with Gasteiger partial charge in [0, 0.05) is 18.3 Å². The van der Waals surface area contributed by atoms with E-state index in [1.807, 2.05) is 0 Å². The molecule has 5 nitrogen and oxygen atoms in total. The third kappa shape index (κ3) is 4.86. The fourth-order valence-corrected chi connectivity index (χ4v) is 3.24. The molecule has 1 aromatic carbocycles. The summed E-state index contributed by atoms with van der Waals surface area (Å²) in [6.45, 7) is 3.31. The minimum atomic E-state index is -4.42. The maximum absolute atomic E-state index is 12.9. The number of fused-ring (bicyclic) bond motifs is 1. The molecule has 1 fully saturated rings. The molecule has 2 aromatic heterocycles. The summed E-state index contributed by atoms with van der Waals surface area (Å²) in [6, 6.07) is 8.38. The lowest BCUT2D eigenvalue weighted by molar-refractivity contribution is -0.137. The zero-order valence-corrected chi connectivity index (χ0v) is 16.1. The first-order chi connectivity index (χ1) is 14.5. The average Bonchev–Trinajstić information content (AvgIpc) is 3.25. The second-order valence-corrected chi connectivity index (χ2v) is 6.95. The SMILES string of the molecule is FC(F)(F)c1cccc(C#Cc2nc3ncccc3nc2OCCN2CCCC2)c1. The van der Waals surface area contributed by atoms with Gasteiger partial charge in [0.15, 0.2) is 11.3 Å². The van der Waals surface area contributed by atoms with Crippen LogP contribution in [0.15, 0.2) is 42.6 Å². The van der Waals surface area contributed by atoms with E-state index in [1.165, 1.54) is 25.0 Å². The number of rotatable bonds is 4. The zero-order valence-electron chi connectivity index (χ0n) is 16.1. The third-order valence-corrected chi connectivity index (χ3v) is 4.77. The molecule has 0 radical (unpaired) electrons. The summed E-state index contributed by atoms with van der Waals surface area (Å²) < 4.78 is 44.7. The van der Waals surface area contributed by atoms with Crippen LogP contribution in [-0.2, 0) is 6.18 Å². The van der Waals surface area contributed by atoms with Crippen LogP contribution in [-0.4, -0.2) is 46.1 Å². The summed E-state index contributed by atoms with van der Waals surface area (Å²) in [5.41, 5.74) is 0.703. The van der Waals surface area contributed by atoms with E-state index in [0.29, 0.717) is 17.8 Å². The summed E-state index contributed by atoms with van der Waals surface area (Å²) in [5, 5.41) is 0. The molecule has 1 saturated heterocycles. The molecule has 0 saturated carbocycles. The van der Waals surface area contributed by atoms with Crippen molar-refractivity contribution in [3.05, 3.63) is 59.4 Å². The van der Waals surface area contributed by atoms with Crippen molar-refractivity contribution in [2.75, 3.05) is 26.2 Å². The summed E-state index contributed by atoms with van der Waals surface area (Å²) in [6.07, 6.45) is -0.451. The number of benzene rings is 1. The van der Waals surface area contributed by atoms with Gasteiger partial charge in [-0.05, 0) is 62.2 Å². The van der Waals surface area contributed by atoms with Crippen LogP contribution in [0.25, 0.3) is 11.2 Å². The van der Waals surface area contributed by atoms with Gasteiger partial charge in [0.2, 0.25) is 5.88 Å². The Morgan fingerprint density at radius 2 is 1.87 bits per heavy atom. The topological polar surface area (TPSA) is 51.1 Å². The van der Waals surface area contributed by atoms with Gasteiger partial charge >= 0.3 is 6.18 Å². The van der Waals surface area contributed by atoms with E-state index >= 15 is 0 Å². The molecule has 0 bridgehead atoms. The number of alkyl halides is 3. The van der Waals surface area contributed by atoms with Crippen LogP contribution in [0.3, 0.4) is 0 Å². The number of aromatic nitrogens is 3. The number of halogens is 3. The van der Waals surface area contributed by atoms with E-state index in [0.717, 1.165) is 31.8 Å². The molecular formula is C22H19F3N4O. The Bertz CT molecular complexity index is 1100. The lowest BCUT2D eigenvalue weighted by Gasteiger charge is -2.15. The van der Waals surface area contributed by atoms with Gasteiger partial charge in [-0.1, -0.05) is 12.0 Å². The first kappa shape index (κ1) is 20.1. The maximum atomic E-state index is 12.9. The fourth-order valence-electron chi connectivity index (χ4n) is 3.24. The zero-order chi connectivity index (χ0) is 21.0. The molecule has 0 atom stereocenters. The molecule has 1 aliphatic rings. The Kier molecular flexibility index (Phi) is 5.81. The minimum Gasteiger partial charge on any atom is -0.474 e. The van der Waals surface area contributed by atoms with Crippen LogP contribution in [0.2, 0.25) is 0 Å². The normalized spacial score (nSPS) is 14.5. The van der Waals surface area contributed by atoms with Crippen molar-refractivity contribution in [2.24, 2.45) is 0 Å². The lowest BCUT2D eigenvalue weighted by atomic mass is 10.1. The summed E-state index contributed by atoms with van der Waals surface area (Å²) in [7, 11) is 0. The predicted octanol–water partition coefficient (Wildman–Crippen LogP) is 3.92. The van der Waals surface area contributed by atoms with Gasteiger partial charge < -0.3 is 4.74 Å². The van der Waals surface area contributed by atoms with Gasteiger partial charge in [0.1, 0.15) is 12.1 Å². The third-order valence-electron chi connectivity index (χ3n) is 4.77. The largest absolute Gasteiger partial charge is 0.474 e. The van der Waals surface area contributed by atoms with Crippen molar-refractivity contribution in [2.45, 2.75) is 19.0 Å². The first-order valence-corrected chi connectivity index (χ1v) is 9.66. The molecule has 4 rings (SSSR count). The minimum absolute atomic E-state index is 0.232.